The van der Waals surface area contributed by atoms with Gasteiger partial charge in [0.1, 0.15) is 10.7 Å². The fourth-order valence-corrected chi connectivity index (χ4v) is 2.00. The summed E-state index contributed by atoms with van der Waals surface area (Å²) in [7, 11) is 0. The highest BCUT2D eigenvalue weighted by molar-refractivity contribution is 7.80. The number of benzene rings is 1. The maximum Gasteiger partial charge on any atom is 0.229 e. The van der Waals surface area contributed by atoms with Gasteiger partial charge in [0.2, 0.25) is 5.88 Å². The number of hydrogen-bond acceptors (Lipinski definition) is 3. The van der Waals surface area contributed by atoms with E-state index in [1.54, 1.807) is 0 Å². The number of nitrogens with zero attached hydrogens (tertiary/aromatic N) is 1. The molecule has 2 rings (SSSR count). The van der Waals surface area contributed by atoms with Crippen LogP contribution in [0.4, 0.5) is 0 Å². The van der Waals surface area contributed by atoms with Crippen LogP contribution < -0.4 is 10.5 Å². The molecule has 1 aromatic carbocycles. The van der Waals surface area contributed by atoms with Crippen LogP contribution in [0.5, 0.6) is 11.6 Å². The number of thiocarbonyl (C=S) groups is 1. The third-order valence-corrected chi connectivity index (χ3v) is 3.22. The molecule has 0 bridgehead atoms. The fraction of sp³-hybridized carbons (Fsp3) is 0.250. The summed E-state index contributed by atoms with van der Waals surface area (Å²) in [5.74, 6) is 1.64. The van der Waals surface area contributed by atoms with Crippen molar-refractivity contribution in [1.29, 1.82) is 0 Å². The summed E-state index contributed by atoms with van der Waals surface area (Å²) < 4.78 is 5.86. The minimum Gasteiger partial charge on any atom is -0.438 e. The van der Waals surface area contributed by atoms with Crippen molar-refractivity contribution >= 4 is 17.2 Å². The summed E-state index contributed by atoms with van der Waals surface area (Å²) in [5.41, 5.74) is 8.44. The molecule has 1 aromatic heterocycles. The van der Waals surface area contributed by atoms with E-state index >= 15 is 0 Å². The van der Waals surface area contributed by atoms with Gasteiger partial charge in [0, 0.05) is 5.69 Å². The third kappa shape index (κ3) is 3.33. The Morgan fingerprint density at radius 3 is 2.65 bits per heavy atom. The van der Waals surface area contributed by atoms with Gasteiger partial charge in [0.05, 0.1) is 5.56 Å². The van der Waals surface area contributed by atoms with Crippen LogP contribution in [0.3, 0.4) is 0 Å². The standard InChI is InChI=1S/C16H18N2OS/c1-10(2)12-5-4-6-13(9-12)19-16-14(15(17)20)8-7-11(3)18-16/h4-10H,1-3H3,(H2,17,20). The molecular formula is C16H18N2OS. The summed E-state index contributed by atoms with van der Waals surface area (Å²) in [6.07, 6.45) is 0. The molecule has 0 amide bonds. The van der Waals surface area contributed by atoms with Crippen molar-refractivity contribution in [1.82, 2.24) is 4.98 Å². The maximum absolute atomic E-state index is 5.86. The Morgan fingerprint density at radius 2 is 2.00 bits per heavy atom. The van der Waals surface area contributed by atoms with Gasteiger partial charge in [0.15, 0.2) is 0 Å². The molecular weight excluding hydrogens is 268 g/mol. The van der Waals surface area contributed by atoms with E-state index in [1.165, 1.54) is 5.56 Å². The average molecular weight is 286 g/mol. The third-order valence-electron chi connectivity index (χ3n) is 3.00. The molecule has 2 N–H and O–H groups in total. The first-order valence-corrected chi connectivity index (χ1v) is 6.93. The minimum atomic E-state index is 0.285. The van der Waals surface area contributed by atoms with E-state index < -0.39 is 0 Å². The van der Waals surface area contributed by atoms with E-state index in [2.05, 4.69) is 24.9 Å². The maximum atomic E-state index is 5.86. The van der Waals surface area contributed by atoms with Gasteiger partial charge in [-0.15, -0.1) is 0 Å². The number of hydrogen-bond donors (Lipinski definition) is 1. The number of ether oxygens (including phenoxy) is 1. The zero-order valence-electron chi connectivity index (χ0n) is 11.9. The number of pyridine rings is 1. The lowest BCUT2D eigenvalue weighted by atomic mass is 10.0. The molecule has 0 saturated heterocycles. The molecule has 3 nitrogen and oxygen atoms in total. The number of rotatable bonds is 4. The first kappa shape index (κ1) is 14.5. The van der Waals surface area contributed by atoms with Gasteiger partial charge >= 0.3 is 0 Å². The summed E-state index contributed by atoms with van der Waals surface area (Å²) in [5, 5.41) is 0. The van der Waals surface area contributed by atoms with Gasteiger partial charge in [-0.1, -0.05) is 38.2 Å². The van der Waals surface area contributed by atoms with Crippen LogP contribution in [0.15, 0.2) is 36.4 Å². The Morgan fingerprint density at radius 1 is 1.25 bits per heavy atom. The quantitative estimate of drug-likeness (QED) is 0.865. The van der Waals surface area contributed by atoms with Crippen molar-refractivity contribution < 1.29 is 4.74 Å². The van der Waals surface area contributed by atoms with Crippen LogP contribution in [0.25, 0.3) is 0 Å². The van der Waals surface area contributed by atoms with E-state index in [0.717, 1.165) is 11.4 Å². The smallest absolute Gasteiger partial charge is 0.229 e. The number of aromatic nitrogens is 1. The Bertz CT molecular complexity index is 638. The van der Waals surface area contributed by atoms with Crippen LogP contribution >= 0.6 is 12.2 Å². The van der Waals surface area contributed by atoms with Crippen LogP contribution in [0, 0.1) is 6.92 Å². The van der Waals surface area contributed by atoms with Crippen molar-refractivity contribution in [3.05, 3.63) is 53.2 Å². The second kappa shape index (κ2) is 6.01. The Labute approximate surface area is 124 Å². The second-order valence-corrected chi connectivity index (χ2v) is 5.44. The lowest BCUT2D eigenvalue weighted by Gasteiger charge is -2.12. The van der Waals surface area contributed by atoms with E-state index in [4.69, 9.17) is 22.7 Å². The normalized spacial score (nSPS) is 10.6. The van der Waals surface area contributed by atoms with Gasteiger partial charge in [-0.25, -0.2) is 4.98 Å². The molecule has 0 atom stereocenters. The highest BCUT2D eigenvalue weighted by atomic mass is 32.1. The summed E-state index contributed by atoms with van der Waals surface area (Å²) in [6, 6.07) is 11.7. The van der Waals surface area contributed by atoms with Gasteiger partial charge in [-0.3, -0.25) is 0 Å². The summed E-state index contributed by atoms with van der Waals surface area (Å²) in [4.78, 5) is 4.66. The van der Waals surface area contributed by atoms with E-state index in [9.17, 15) is 0 Å². The van der Waals surface area contributed by atoms with E-state index in [0.29, 0.717) is 17.4 Å². The van der Waals surface area contributed by atoms with Crippen molar-refractivity contribution in [2.24, 2.45) is 5.73 Å². The zero-order valence-corrected chi connectivity index (χ0v) is 12.7. The van der Waals surface area contributed by atoms with Crippen molar-refractivity contribution in [2.75, 3.05) is 0 Å². The van der Waals surface area contributed by atoms with Gasteiger partial charge in [-0.05, 0) is 42.7 Å². The highest BCUT2D eigenvalue weighted by Crippen LogP contribution is 2.26. The van der Waals surface area contributed by atoms with Crippen LogP contribution in [-0.2, 0) is 0 Å². The zero-order chi connectivity index (χ0) is 14.7. The topological polar surface area (TPSA) is 48.1 Å². The predicted octanol–water partition coefficient (Wildman–Crippen LogP) is 3.94. The van der Waals surface area contributed by atoms with Crippen LogP contribution in [0.2, 0.25) is 0 Å². The van der Waals surface area contributed by atoms with Gasteiger partial charge in [-0.2, -0.15) is 0 Å². The fourth-order valence-electron chi connectivity index (χ4n) is 1.85. The Balaban J connectivity index is 2.36. The van der Waals surface area contributed by atoms with Crippen LogP contribution in [0.1, 0.15) is 36.6 Å². The average Bonchev–Trinajstić information content (AvgIpc) is 2.38. The monoisotopic (exact) mass is 286 g/mol. The first-order chi connectivity index (χ1) is 9.47. The molecule has 4 heteroatoms. The largest absolute Gasteiger partial charge is 0.438 e. The van der Waals surface area contributed by atoms with Crippen molar-refractivity contribution in [3.63, 3.8) is 0 Å². The molecule has 0 aliphatic heterocycles. The summed E-state index contributed by atoms with van der Waals surface area (Å²) in [6.45, 7) is 6.19. The SMILES string of the molecule is Cc1ccc(C(N)=S)c(Oc2cccc(C(C)C)c2)n1. The summed E-state index contributed by atoms with van der Waals surface area (Å²) >= 11 is 5.03. The van der Waals surface area contributed by atoms with E-state index in [1.807, 2.05) is 37.3 Å². The molecule has 0 fully saturated rings. The Hall–Kier alpha value is -1.94. The highest BCUT2D eigenvalue weighted by Gasteiger charge is 2.10. The molecule has 0 aliphatic rings. The minimum absolute atomic E-state index is 0.285. The number of aryl methyl sites for hydroxylation is 1. The molecule has 0 radical (unpaired) electrons. The van der Waals surface area contributed by atoms with Gasteiger partial charge in [0.25, 0.3) is 0 Å². The predicted molar refractivity (Wildman–Crippen MR) is 85.5 cm³/mol. The van der Waals surface area contributed by atoms with Gasteiger partial charge < -0.3 is 10.5 Å². The molecule has 104 valence electrons. The molecule has 20 heavy (non-hydrogen) atoms. The first-order valence-electron chi connectivity index (χ1n) is 6.52. The molecule has 0 spiro atoms. The molecule has 2 aromatic rings. The Kier molecular flexibility index (Phi) is 4.35. The molecule has 0 aliphatic carbocycles. The van der Waals surface area contributed by atoms with Crippen molar-refractivity contribution in [3.8, 4) is 11.6 Å². The van der Waals surface area contributed by atoms with Crippen molar-refractivity contribution in [2.45, 2.75) is 26.7 Å². The number of nitrogens with two attached hydrogens (primary N) is 1. The molecule has 0 saturated carbocycles. The lowest BCUT2D eigenvalue weighted by molar-refractivity contribution is 0.459. The van der Waals surface area contributed by atoms with E-state index in [-0.39, 0.29) is 4.99 Å². The second-order valence-electron chi connectivity index (χ2n) is 5.00. The lowest BCUT2D eigenvalue weighted by Crippen LogP contribution is -2.12. The van der Waals surface area contributed by atoms with Crippen LogP contribution in [-0.4, -0.2) is 9.97 Å². The molecule has 1 heterocycles. The molecule has 0 unspecified atom stereocenters.